The molecule has 0 saturated heterocycles. The van der Waals surface area contributed by atoms with Crippen LogP contribution in [0.1, 0.15) is 20.3 Å². The van der Waals surface area contributed by atoms with Crippen LogP contribution >= 0.6 is 12.6 Å². The van der Waals surface area contributed by atoms with Gasteiger partial charge in [0.1, 0.15) is 0 Å². The molecule has 0 rings (SSSR count). The van der Waals surface area contributed by atoms with E-state index in [1.54, 1.807) is 0 Å². The van der Waals surface area contributed by atoms with E-state index in [-0.39, 0.29) is 5.91 Å². The lowest BCUT2D eigenvalue weighted by atomic mass is 10.3. The zero-order valence-corrected chi connectivity index (χ0v) is 6.74. The van der Waals surface area contributed by atoms with Crippen LogP contribution in [0.25, 0.3) is 0 Å². The molecule has 0 radical (unpaired) electrons. The molecule has 3 heteroatoms. The first kappa shape index (κ1) is 8.82. The lowest BCUT2D eigenvalue weighted by Crippen LogP contribution is -2.26. The highest BCUT2D eigenvalue weighted by molar-refractivity contribution is 7.81. The first-order chi connectivity index (χ1) is 4.16. The van der Waals surface area contributed by atoms with Gasteiger partial charge in [-0.15, -0.1) is 0 Å². The van der Waals surface area contributed by atoms with Crippen molar-refractivity contribution in [3.8, 4) is 0 Å². The molecule has 2 nitrogen and oxygen atoms in total. The van der Waals surface area contributed by atoms with Crippen LogP contribution in [0.15, 0.2) is 0 Å². The average molecular weight is 147 g/mol. The van der Waals surface area contributed by atoms with Gasteiger partial charge in [0.15, 0.2) is 0 Å². The second-order valence-corrected chi connectivity index (χ2v) is 2.73. The van der Waals surface area contributed by atoms with Gasteiger partial charge in [-0.2, -0.15) is 12.6 Å². The molecule has 1 unspecified atom stereocenters. The van der Waals surface area contributed by atoms with Crippen molar-refractivity contribution in [1.29, 1.82) is 0 Å². The maximum absolute atomic E-state index is 10.3. The largest absolute Gasteiger partial charge is 0.355 e. The quantitative estimate of drug-likeness (QED) is 0.569. The van der Waals surface area contributed by atoms with Crippen molar-refractivity contribution in [3.05, 3.63) is 0 Å². The molecule has 0 aliphatic carbocycles. The van der Waals surface area contributed by atoms with Crippen molar-refractivity contribution in [1.82, 2.24) is 5.32 Å². The second kappa shape index (κ2) is 4.68. The fourth-order valence-corrected chi connectivity index (χ4v) is 0.497. The van der Waals surface area contributed by atoms with Crippen LogP contribution in [0.5, 0.6) is 0 Å². The van der Waals surface area contributed by atoms with Gasteiger partial charge in [-0.05, 0) is 6.42 Å². The van der Waals surface area contributed by atoms with Gasteiger partial charge in [0.25, 0.3) is 0 Å². The minimum absolute atomic E-state index is 0.0162. The number of nitrogens with one attached hydrogen (secondary N) is 1. The van der Waals surface area contributed by atoms with Gasteiger partial charge in [-0.3, -0.25) is 4.79 Å². The predicted octanol–water partition coefficient (Wildman–Crippen LogP) is 0.831. The van der Waals surface area contributed by atoms with E-state index >= 15 is 0 Å². The van der Waals surface area contributed by atoms with Crippen molar-refractivity contribution in [2.75, 3.05) is 6.54 Å². The molecule has 9 heavy (non-hydrogen) atoms. The van der Waals surface area contributed by atoms with Crippen LogP contribution in [-0.4, -0.2) is 17.7 Å². The predicted molar refractivity (Wildman–Crippen MR) is 41.7 cm³/mol. The summed E-state index contributed by atoms with van der Waals surface area (Å²) in [4.78, 5) is 10.3. The topological polar surface area (TPSA) is 29.1 Å². The molecule has 1 N–H and O–H groups in total. The normalized spacial score (nSPS) is 12.8. The average Bonchev–Trinajstić information content (AvgIpc) is 1.83. The summed E-state index contributed by atoms with van der Waals surface area (Å²) in [5.41, 5.74) is 0. The maximum atomic E-state index is 10.3. The zero-order valence-electron chi connectivity index (χ0n) is 5.85. The Hall–Kier alpha value is -0.180. The van der Waals surface area contributed by atoms with Crippen molar-refractivity contribution >= 4 is 18.5 Å². The molecular formula is C6H13NOS. The number of hydrogen-bond donors (Lipinski definition) is 2. The summed E-state index contributed by atoms with van der Waals surface area (Å²) < 4.78 is 0. The lowest BCUT2D eigenvalue weighted by molar-refractivity contribution is -0.118. The SMILES string of the molecule is CCC(S)CNC(C)=O. The van der Waals surface area contributed by atoms with E-state index in [9.17, 15) is 4.79 Å². The van der Waals surface area contributed by atoms with Gasteiger partial charge in [0.2, 0.25) is 5.91 Å². The fraction of sp³-hybridized carbons (Fsp3) is 0.833. The van der Waals surface area contributed by atoms with Gasteiger partial charge < -0.3 is 5.32 Å². The standard InChI is InChI=1S/C6H13NOS/c1-3-6(9)4-7-5(2)8/h6,9H,3-4H2,1-2H3,(H,7,8). The summed E-state index contributed by atoms with van der Waals surface area (Å²) in [5, 5.41) is 2.98. The van der Waals surface area contributed by atoms with E-state index in [1.807, 2.05) is 6.92 Å². The van der Waals surface area contributed by atoms with Crippen molar-refractivity contribution < 1.29 is 4.79 Å². The highest BCUT2D eigenvalue weighted by Gasteiger charge is 1.98. The summed E-state index contributed by atoms with van der Waals surface area (Å²) in [6.07, 6.45) is 0.989. The van der Waals surface area contributed by atoms with Crippen LogP contribution in [0.2, 0.25) is 0 Å². The molecule has 1 amide bonds. The van der Waals surface area contributed by atoms with E-state index in [0.717, 1.165) is 6.42 Å². The van der Waals surface area contributed by atoms with Crippen molar-refractivity contribution in [2.45, 2.75) is 25.5 Å². The molecule has 0 spiro atoms. The minimum atomic E-state index is 0.0162. The molecule has 0 fully saturated rings. The Morgan fingerprint density at radius 2 is 2.33 bits per heavy atom. The number of carbonyl (C=O) groups excluding carboxylic acids is 1. The van der Waals surface area contributed by atoms with Gasteiger partial charge in [0, 0.05) is 18.7 Å². The first-order valence-electron chi connectivity index (χ1n) is 3.09. The summed E-state index contributed by atoms with van der Waals surface area (Å²) in [6, 6.07) is 0. The Kier molecular flexibility index (Phi) is 4.58. The third-order valence-electron chi connectivity index (χ3n) is 1.06. The van der Waals surface area contributed by atoms with E-state index in [2.05, 4.69) is 17.9 Å². The minimum Gasteiger partial charge on any atom is -0.355 e. The van der Waals surface area contributed by atoms with Gasteiger partial charge in [-0.25, -0.2) is 0 Å². The van der Waals surface area contributed by atoms with Crippen LogP contribution in [0, 0.1) is 0 Å². The van der Waals surface area contributed by atoms with Gasteiger partial charge in [0.05, 0.1) is 0 Å². The number of thiol groups is 1. The molecule has 0 aromatic carbocycles. The van der Waals surface area contributed by atoms with E-state index in [0.29, 0.717) is 11.8 Å². The summed E-state index contributed by atoms with van der Waals surface area (Å²) >= 11 is 4.19. The van der Waals surface area contributed by atoms with E-state index in [4.69, 9.17) is 0 Å². The molecular weight excluding hydrogens is 134 g/mol. The highest BCUT2D eigenvalue weighted by Crippen LogP contribution is 1.96. The lowest BCUT2D eigenvalue weighted by Gasteiger charge is -2.06. The summed E-state index contributed by atoms with van der Waals surface area (Å²) in [7, 11) is 0. The second-order valence-electron chi connectivity index (χ2n) is 2.00. The highest BCUT2D eigenvalue weighted by atomic mass is 32.1. The third kappa shape index (κ3) is 5.69. The molecule has 0 bridgehead atoms. The Morgan fingerprint density at radius 3 is 2.67 bits per heavy atom. The molecule has 0 aliphatic rings. The zero-order chi connectivity index (χ0) is 7.28. The molecule has 0 aliphatic heterocycles. The Labute approximate surface area is 61.4 Å². The molecule has 0 aromatic rings. The van der Waals surface area contributed by atoms with Crippen molar-refractivity contribution in [3.63, 3.8) is 0 Å². The van der Waals surface area contributed by atoms with Crippen LogP contribution < -0.4 is 5.32 Å². The first-order valence-corrected chi connectivity index (χ1v) is 3.61. The van der Waals surface area contributed by atoms with Crippen LogP contribution in [0.3, 0.4) is 0 Å². The Balaban J connectivity index is 3.16. The summed E-state index contributed by atoms with van der Waals surface area (Å²) in [5.74, 6) is 0.0162. The van der Waals surface area contributed by atoms with Crippen LogP contribution in [0.4, 0.5) is 0 Å². The fourth-order valence-electron chi connectivity index (χ4n) is 0.406. The van der Waals surface area contributed by atoms with Gasteiger partial charge >= 0.3 is 0 Å². The molecule has 0 heterocycles. The van der Waals surface area contributed by atoms with E-state index < -0.39 is 0 Å². The Morgan fingerprint density at radius 1 is 1.78 bits per heavy atom. The maximum Gasteiger partial charge on any atom is 0.216 e. The molecule has 0 aromatic heterocycles. The van der Waals surface area contributed by atoms with Crippen molar-refractivity contribution in [2.24, 2.45) is 0 Å². The molecule has 0 saturated carbocycles. The molecule has 54 valence electrons. The summed E-state index contributed by atoms with van der Waals surface area (Å²) in [6.45, 7) is 4.23. The monoisotopic (exact) mass is 147 g/mol. The Bertz CT molecular complexity index is 95.1. The molecule has 1 atom stereocenters. The third-order valence-corrected chi connectivity index (χ3v) is 1.61. The number of hydrogen-bond acceptors (Lipinski definition) is 2. The number of carbonyl (C=O) groups is 1. The van der Waals surface area contributed by atoms with E-state index in [1.165, 1.54) is 6.92 Å². The number of amides is 1. The van der Waals surface area contributed by atoms with Gasteiger partial charge in [-0.1, -0.05) is 6.92 Å². The smallest absolute Gasteiger partial charge is 0.216 e. The number of rotatable bonds is 3. The van der Waals surface area contributed by atoms with Crippen LogP contribution in [-0.2, 0) is 4.79 Å².